The van der Waals surface area contributed by atoms with Crippen molar-refractivity contribution in [2.24, 2.45) is 17.3 Å². The number of aromatic amines is 1. The van der Waals surface area contributed by atoms with Crippen molar-refractivity contribution in [3.63, 3.8) is 0 Å². The van der Waals surface area contributed by atoms with E-state index in [1.54, 1.807) is 54.6 Å². The summed E-state index contributed by atoms with van der Waals surface area (Å²) < 4.78 is 56.3. The number of nitrogens with one attached hydrogen (secondary N) is 3. The van der Waals surface area contributed by atoms with Gasteiger partial charge in [-0.3, -0.25) is 19.7 Å². The normalized spacial score (nSPS) is 19.2. The Labute approximate surface area is 375 Å². The number of carbonyl (C=O) groups is 3. The number of pyridine rings is 1. The van der Waals surface area contributed by atoms with Gasteiger partial charge in [0.25, 0.3) is 5.91 Å². The Kier molecular flexibility index (Phi) is 15.0. The zero-order valence-electron chi connectivity index (χ0n) is 37.1. The molecule has 19 heteroatoms. The Morgan fingerprint density at radius 2 is 1.69 bits per heavy atom. The number of nitrogens with zero attached hydrogens (tertiary/aromatic N) is 5. The summed E-state index contributed by atoms with van der Waals surface area (Å²) in [5.74, 6) is -0.514. The average molecular weight is 913 g/mol. The highest BCUT2D eigenvalue weighted by atomic mass is 35.5. The predicted octanol–water partition coefficient (Wildman–Crippen LogP) is 7.10. The number of piperazine rings is 1. The van der Waals surface area contributed by atoms with E-state index in [1.807, 2.05) is 46.4 Å². The van der Waals surface area contributed by atoms with Crippen LogP contribution in [0.15, 0.2) is 60.9 Å². The van der Waals surface area contributed by atoms with Gasteiger partial charge in [-0.1, -0.05) is 70.5 Å². The van der Waals surface area contributed by atoms with Crippen molar-refractivity contribution in [2.75, 3.05) is 57.2 Å². The molecule has 0 aliphatic carbocycles. The van der Waals surface area contributed by atoms with E-state index in [1.165, 1.54) is 19.4 Å². The van der Waals surface area contributed by atoms with Gasteiger partial charge in [0.05, 0.1) is 53.1 Å². The molecule has 346 valence electrons. The Bertz CT molecular complexity index is 2270. The van der Waals surface area contributed by atoms with Crippen molar-refractivity contribution in [1.29, 1.82) is 0 Å². The van der Waals surface area contributed by atoms with Gasteiger partial charge in [0.2, 0.25) is 18.2 Å². The standard InChI is InChI=1S/C45H56ClF3N8O7/c1-25(2)38(54-43(61)63-8)41(59)57-23-27(24-62-7)17-35(57)39-51-21-34(53-39)29-11-9-28(10-12-29)31-18-33(46)32(19-36(31)64-45(47,48)49)40(58)52-30-13-14-37(50-20-30)56-16-15-55(22-26(56)3)42(60)44(4,5)6/h9-14,18-21,25-27,35,38,43,54,61H,15-17,22-24H2,1-8H3,(H,51,53)(H,52,58)/t26-,27?,35+,38+,43?/m1/s1. The van der Waals surface area contributed by atoms with Crippen LogP contribution >= 0.6 is 11.6 Å². The molecule has 0 radical (unpaired) electrons. The molecule has 0 spiro atoms. The van der Waals surface area contributed by atoms with Gasteiger partial charge in [-0.2, -0.15) is 0 Å². The van der Waals surface area contributed by atoms with Crippen LogP contribution in [0.25, 0.3) is 22.4 Å². The van der Waals surface area contributed by atoms with Gasteiger partial charge in [-0.05, 0) is 54.7 Å². The van der Waals surface area contributed by atoms with Crippen molar-refractivity contribution in [1.82, 2.24) is 30.1 Å². The number of amides is 3. The van der Waals surface area contributed by atoms with Crippen LogP contribution in [0.5, 0.6) is 5.75 Å². The number of halogens is 4. The molecule has 2 unspecified atom stereocenters. The summed E-state index contributed by atoms with van der Waals surface area (Å²) in [6, 6.07) is 11.0. The van der Waals surface area contributed by atoms with E-state index in [9.17, 15) is 32.7 Å². The number of ether oxygens (including phenoxy) is 3. The van der Waals surface area contributed by atoms with Gasteiger partial charge in [-0.25, -0.2) is 9.97 Å². The van der Waals surface area contributed by atoms with Crippen LogP contribution < -0.4 is 20.3 Å². The average Bonchev–Trinajstić information content (AvgIpc) is 3.90. The molecule has 6 rings (SSSR count). The van der Waals surface area contributed by atoms with E-state index in [0.29, 0.717) is 73.4 Å². The van der Waals surface area contributed by atoms with Gasteiger partial charge in [0.1, 0.15) is 17.4 Å². The minimum absolute atomic E-state index is 0.00337. The second kappa shape index (κ2) is 19.9. The van der Waals surface area contributed by atoms with Crippen LogP contribution in [0.4, 0.5) is 24.7 Å². The summed E-state index contributed by atoms with van der Waals surface area (Å²) in [5, 5.41) is 15.5. The largest absolute Gasteiger partial charge is 0.573 e. The lowest BCUT2D eigenvalue weighted by Crippen LogP contribution is -2.56. The molecule has 3 amide bonds. The first-order valence-corrected chi connectivity index (χ1v) is 21.4. The minimum atomic E-state index is -5.09. The maximum absolute atomic E-state index is 13.9. The number of imidazole rings is 1. The van der Waals surface area contributed by atoms with Gasteiger partial charge < -0.3 is 44.3 Å². The number of carbonyl (C=O) groups excluding carboxylic acids is 3. The SMILES string of the molecule is COCC1C[C@@H](c2ncc(-c3ccc(-c4cc(Cl)c(C(=O)Nc5ccc(N6CCN(C(=O)C(C)(C)C)C[C@H]6C)nc5)cc4OC(F)(F)F)cc3)[nH]2)N(C(=O)[C@@H](NC(O)OC)C(C)C)C1. The molecule has 4 N–H and O–H groups in total. The molecule has 5 atom stereocenters. The van der Waals surface area contributed by atoms with E-state index < -0.39 is 41.9 Å². The number of hydrogen-bond acceptors (Lipinski definition) is 11. The number of likely N-dealkylation sites (tertiary alicyclic amines) is 1. The molecule has 2 aromatic heterocycles. The molecular formula is C45H56ClF3N8O7. The van der Waals surface area contributed by atoms with E-state index in [4.69, 9.17) is 21.1 Å². The smallest absolute Gasteiger partial charge is 0.405 e. The molecule has 64 heavy (non-hydrogen) atoms. The van der Waals surface area contributed by atoms with Crippen LogP contribution in [0.3, 0.4) is 0 Å². The Hall–Kier alpha value is -5.27. The molecule has 15 nitrogen and oxygen atoms in total. The van der Waals surface area contributed by atoms with Crippen molar-refractivity contribution < 1.29 is 46.9 Å². The Morgan fingerprint density at radius 1 is 0.984 bits per heavy atom. The fourth-order valence-corrected chi connectivity index (χ4v) is 8.41. The summed E-state index contributed by atoms with van der Waals surface area (Å²) in [7, 11) is 2.93. The fourth-order valence-electron chi connectivity index (χ4n) is 8.16. The molecule has 2 aromatic carbocycles. The molecule has 2 aliphatic heterocycles. The second-order valence-corrected chi connectivity index (χ2v) is 18.0. The van der Waals surface area contributed by atoms with E-state index in [0.717, 1.165) is 6.07 Å². The van der Waals surface area contributed by atoms with Crippen LogP contribution in [0.2, 0.25) is 5.02 Å². The third kappa shape index (κ3) is 11.3. The van der Waals surface area contributed by atoms with Crippen molar-refractivity contribution >= 4 is 40.8 Å². The number of aromatic nitrogens is 3. The number of hydrogen-bond donors (Lipinski definition) is 4. The second-order valence-electron chi connectivity index (χ2n) is 17.6. The molecule has 2 saturated heterocycles. The lowest BCUT2D eigenvalue weighted by molar-refractivity contribution is -0.274. The van der Waals surface area contributed by atoms with Gasteiger partial charge in [0, 0.05) is 63.3 Å². The Morgan fingerprint density at radius 3 is 2.28 bits per heavy atom. The Balaban J connectivity index is 1.18. The van der Waals surface area contributed by atoms with Gasteiger partial charge in [0.15, 0.2) is 0 Å². The van der Waals surface area contributed by atoms with Crippen molar-refractivity contribution in [3.8, 4) is 28.1 Å². The first kappa shape index (κ1) is 48.2. The number of benzene rings is 2. The van der Waals surface area contributed by atoms with E-state index in [-0.39, 0.29) is 45.8 Å². The summed E-state index contributed by atoms with van der Waals surface area (Å²) in [5.41, 5.74) is 1.13. The van der Waals surface area contributed by atoms with Gasteiger partial charge in [-0.15, -0.1) is 13.2 Å². The quantitative estimate of drug-likeness (QED) is 0.0951. The summed E-state index contributed by atoms with van der Waals surface area (Å²) in [6.45, 7) is 13.9. The van der Waals surface area contributed by atoms with Crippen molar-refractivity contribution in [2.45, 2.75) is 78.9 Å². The van der Waals surface area contributed by atoms with Crippen LogP contribution in [-0.2, 0) is 19.1 Å². The first-order chi connectivity index (χ1) is 30.2. The number of aliphatic hydroxyl groups is 1. The van der Waals surface area contributed by atoms with Gasteiger partial charge >= 0.3 is 6.36 Å². The molecule has 2 fully saturated rings. The van der Waals surface area contributed by atoms with Crippen LogP contribution in [-0.4, -0.2) is 119 Å². The lowest BCUT2D eigenvalue weighted by atomic mass is 9.94. The predicted molar refractivity (Wildman–Crippen MR) is 235 cm³/mol. The molecule has 4 aromatic rings. The molecular weight excluding hydrogens is 857 g/mol. The third-order valence-corrected chi connectivity index (χ3v) is 11.7. The maximum atomic E-state index is 13.9. The first-order valence-electron chi connectivity index (χ1n) is 21.0. The zero-order chi connectivity index (χ0) is 46.7. The maximum Gasteiger partial charge on any atom is 0.573 e. The zero-order valence-corrected chi connectivity index (χ0v) is 37.9. The number of rotatable bonds is 14. The summed E-state index contributed by atoms with van der Waals surface area (Å²) in [4.78, 5) is 58.3. The van der Waals surface area contributed by atoms with Crippen molar-refractivity contribution in [3.05, 3.63) is 77.3 Å². The number of H-pyrrole nitrogens is 1. The molecule has 0 bridgehead atoms. The monoisotopic (exact) mass is 912 g/mol. The highest BCUT2D eigenvalue weighted by Gasteiger charge is 2.41. The molecule has 0 saturated carbocycles. The number of anilines is 2. The van der Waals surface area contributed by atoms with Crippen LogP contribution in [0.1, 0.15) is 70.2 Å². The lowest BCUT2D eigenvalue weighted by Gasteiger charge is -2.42. The third-order valence-electron chi connectivity index (χ3n) is 11.4. The number of alkyl halides is 3. The summed E-state index contributed by atoms with van der Waals surface area (Å²) in [6.07, 6.45) is -2.78. The minimum Gasteiger partial charge on any atom is -0.405 e. The van der Waals surface area contributed by atoms with Crippen LogP contribution in [0, 0.1) is 17.3 Å². The highest BCUT2D eigenvalue weighted by molar-refractivity contribution is 6.35. The summed E-state index contributed by atoms with van der Waals surface area (Å²) >= 11 is 6.59. The number of methoxy groups -OCH3 is 2. The highest BCUT2D eigenvalue weighted by Crippen LogP contribution is 2.40. The topological polar surface area (TPSA) is 174 Å². The van der Waals surface area contributed by atoms with E-state index >= 15 is 0 Å². The molecule has 2 aliphatic rings. The van der Waals surface area contributed by atoms with E-state index in [2.05, 4.69) is 35.2 Å². The fraction of sp³-hybridized carbons (Fsp3) is 0.489. The molecule has 4 heterocycles. The number of aliphatic hydroxyl groups excluding tert-OH is 1.